The van der Waals surface area contributed by atoms with Gasteiger partial charge in [0, 0.05) is 44.0 Å². The van der Waals surface area contributed by atoms with E-state index in [1.165, 1.54) is 12.1 Å². The van der Waals surface area contributed by atoms with E-state index >= 15 is 0 Å². The first-order valence-electron chi connectivity index (χ1n) is 6.26. The number of nitrogens with one attached hydrogen (secondary N) is 3. The number of nitro groups is 1. The Morgan fingerprint density at radius 1 is 1.25 bits per heavy atom. The van der Waals surface area contributed by atoms with E-state index in [1.807, 2.05) is 0 Å². The molecule has 0 radical (unpaired) electrons. The van der Waals surface area contributed by atoms with E-state index in [-0.39, 0.29) is 29.7 Å². The number of nitro benzene ring substituents is 1. The molecule has 3 N–H and O–H groups in total. The molecule has 1 aliphatic heterocycles. The van der Waals surface area contributed by atoms with Crippen molar-refractivity contribution in [3.63, 3.8) is 0 Å². The van der Waals surface area contributed by atoms with Crippen LogP contribution in [0.15, 0.2) is 29.3 Å². The summed E-state index contributed by atoms with van der Waals surface area (Å²) < 4.78 is 0. The minimum absolute atomic E-state index is 0. The zero-order valence-electron chi connectivity index (χ0n) is 11.0. The van der Waals surface area contributed by atoms with Crippen LogP contribution in [0, 0.1) is 10.1 Å². The van der Waals surface area contributed by atoms with Crippen LogP contribution < -0.4 is 16.0 Å². The van der Waals surface area contributed by atoms with E-state index in [9.17, 15) is 10.1 Å². The molecule has 0 aliphatic carbocycles. The Labute approximate surface area is 134 Å². The van der Waals surface area contributed by atoms with Crippen LogP contribution in [-0.4, -0.2) is 37.1 Å². The third-order valence-corrected chi connectivity index (χ3v) is 2.72. The fourth-order valence-electron chi connectivity index (χ4n) is 1.74. The van der Waals surface area contributed by atoms with Crippen LogP contribution in [-0.2, 0) is 0 Å². The van der Waals surface area contributed by atoms with E-state index in [0.29, 0.717) is 0 Å². The normalized spacial score (nSPS) is 13.5. The van der Waals surface area contributed by atoms with Crippen molar-refractivity contribution in [3.05, 3.63) is 34.4 Å². The van der Waals surface area contributed by atoms with Gasteiger partial charge < -0.3 is 16.0 Å². The minimum atomic E-state index is -0.405. The molecular formula is C12H18IN5O2. The van der Waals surface area contributed by atoms with Gasteiger partial charge in [0.2, 0.25) is 0 Å². The summed E-state index contributed by atoms with van der Waals surface area (Å²) >= 11 is 0. The third-order valence-electron chi connectivity index (χ3n) is 2.72. The SMILES string of the molecule is I.O=[N+]([O-])c1ccc(NCCNC2=NCCCN2)cc1. The number of hydrogen-bond donors (Lipinski definition) is 3. The molecule has 8 heteroatoms. The highest BCUT2D eigenvalue weighted by molar-refractivity contribution is 14.0. The monoisotopic (exact) mass is 391 g/mol. The van der Waals surface area contributed by atoms with Crippen LogP contribution >= 0.6 is 24.0 Å². The number of guanidine groups is 1. The average Bonchev–Trinajstić information content (AvgIpc) is 2.45. The number of benzene rings is 1. The van der Waals surface area contributed by atoms with Crippen molar-refractivity contribution >= 4 is 41.3 Å². The van der Waals surface area contributed by atoms with Gasteiger partial charge in [-0.1, -0.05) is 0 Å². The summed E-state index contributed by atoms with van der Waals surface area (Å²) in [7, 11) is 0. The van der Waals surface area contributed by atoms with E-state index in [2.05, 4.69) is 20.9 Å². The predicted molar refractivity (Wildman–Crippen MR) is 89.9 cm³/mol. The Balaban J connectivity index is 0.00000200. The van der Waals surface area contributed by atoms with Gasteiger partial charge in [0.05, 0.1) is 4.92 Å². The highest BCUT2D eigenvalue weighted by Crippen LogP contribution is 2.14. The molecule has 1 aromatic carbocycles. The molecule has 0 saturated heterocycles. The zero-order valence-corrected chi connectivity index (χ0v) is 13.3. The van der Waals surface area contributed by atoms with Crippen LogP contribution in [0.3, 0.4) is 0 Å². The average molecular weight is 391 g/mol. The molecule has 1 aliphatic rings. The molecule has 0 amide bonds. The molecule has 0 fully saturated rings. The Bertz CT molecular complexity index is 463. The molecule has 110 valence electrons. The molecule has 1 aromatic rings. The van der Waals surface area contributed by atoms with Gasteiger partial charge in [0.15, 0.2) is 5.96 Å². The molecule has 7 nitrogen and oxygen atoms in total. The number of anilines is 1. The second-order valence-corrected chi connectivity index (χ2v) is 4.17. The lowest BCUT2D eigenvalue weighted by atomic mass is 10.3. The standard InChI is InChI=1S/C12H17N5O2.HI/c18-17(19)11-4-2-10(3-5-11)13-8-9-16-12-14-6-1-7-15-12;/h2-5,13H,1,6-9H2,(H2,14,15,16);1H. The summed E-state index contributed by atoms with van der Waals surface area (Å²) in [5.74, 6) is 0.844. The number of non-ortho nitro benzene ring substituents is 1. The minimum Gasteiger partial charge on any atom is -0.383 e. The maximum Gasteiger partial charge on any atom is 0.269 e. The molecule has 2 rings (SSSR count). The van der Waals surface area contributed by atoms with E-state index in [1.54, 1.807) is 12.1 Å². The van der Waals surface area contributed by atoms with E-state index in [4.69, 9.17) is 0 Å². The van der Waals surface area contributed by atoms with Gasteiger partial charge in [-0.05, 0) is 18.6 Å². The summed E-state index contributed by atoms with van der Waals surface area (Å²) in [5.41, 5.74) is 0.968. The summed E-state index contributed by atoms with van der Waals surface area (Å²) in [5, 5.41) is 20.0. The van der Waals surface area contributed by atoms with Gasteiger partial charge in [-0.25, -0.2) is 0 Å². The molecule has 0 bridgehead atoms. The van der Waals surface area contributed by atoms with Crippen molar-refractivity contribution < 1.29 is 4.92 Å². The Hall–Kier alpha value is -1.58. The molecule has 0 aromatic heterocycles. The van der Waals surface area contributed by atoms with Crippen LogP contribution in [0.25, 0.3) is 0 Å². The van der Waals surface area contributed by atoms with Crippen LogP contribution in [0.5, 0.6) is 0 Å². The Morgan fingerprint density at radius 2 is 1.95 bits per heavy atom. The highest BCUT2D eigenvalue weighted by Gasteiger charge is 2.04. The van der Waals surface area contributed by atoms with Crippen molar-refractivity contribution in [2.45, 2.75) is 6.42 Å². The largest absolute Gasteiger partial charge is 0.383 e. The van der Waals surface area contributed by atoms with Crippen molar-refractivity contribution in [2.75, 3.05) is 31.5 Å². The fourth-order valence-corrected chi connectivity index (χ4v) is 1.74. The molecule has 0 spiro atoms. The van der Waals surface area contributed by atoms with Crippen LogP contribution in [0.2, 0.25) is 0 Å². The topological polar surface area (TPSA) is 91.6 Å². The second-order valence-electron chi connectivity index (χ2n) is 4.17. The predicted octanol–water partition coefficient (Wildman–Crippen LogP) is 1.56. The van der Waals surface area contributed by atoms with Gasteiger partial charge >= 0.3 is 0 Å². The van der Waals surface area contributed by atoms with Gasteiger partial charge in [-0.3, -0.25) is 15.1 Å². The number of hydrogen-bond acceptors (Lipinski definition) is 6. The van der Waals surface area contributed by atoms with Crippen molar-refractivity contribution in [1.29, 1.82) is 0 Å². The van der Waals surface area contributed by atoms with Gasteiger partial charge in [0.1, 0.15) is 0 Å². The lowest BCUT2D eigenvalue weighted by Gasteiger charge is -2.16. The summed E-state index contributed by atoms with van der Waals surface area (Å²) in [6.07, 6.45) is 1.08. The van der Waals surface area contributed by atoms with E-state index in [0.717, 1.165) is 44.2 Å². The molecular weight excluding hydrogens is 373 g/mol. The number of aliphatic imine (C=N–C) groups is 1. The Morgan fingerprint density at radius 3 is 2.55 bits per heavy atom. The van der Waals surface area contributed by atoms with Crippen molar-refractivity contribution in [1.82, 2.24) is 10.6 Å². The van der Waals surface area contributed by atoms with Gasteiger partial charge in [-0.15, -0.1) is 24.0 Å². The summed E-state index contributed by atoms with van der Waals surface area (Å²) in [4.78, 5) is 14.4. The number of rotatable bonds is 5. The first kappa shape index (κ1) is 16.5. The molecule has 0 atom stereocenters. The molecule has 1 heterocycles. The first-order valence-corrected chi connectivity index (χ1v) is 6.26. The third kappa shape index (κ3) is 5.19. The van der Waals surface area contributed by atoms with Crippen molar-refractivity contribution in [3.8, 4) is 0 Å². The van der Waals surface area contributed by atoms with Crippen molar-refractivity contribution in [2.24, 2.45) is 4.99 Å². The van der Waals surface area contributed by atoms with E-state index < -0.39 is 4.92 Å². The summed E-state index contributed by atoms with van der Waals surface area (Å²) in [6.45, 7) is 3.29. The lowest BCUT2D eigenvalue weighted by Crippen LogP contribution is -2.42. The maximum atomic E-state index is 10.5. The lowest BCUT2D eigenvalue weighted by molar-refractivity contribution is -0.384. The number of nitrogens with zero attached hydrogens (tertiary/aromatic N) is 2. The molecule has 0 unspecified atom stereocenters. The fraction of sp³-hybridized carbons (Fsp3) is 0.417. The quantitative estimate of drug-likeness (QED) is 0.307. The molecule has 20 heavy (non-hydrogen) atoms. The second kappa shape index (κ2) is 8.56. The highest BCUT2D eigenvalue weighted by atomic mass is 127. The number of halogens is 1. The maximum absolute atomic E-state index is 10.5. The van der Waals surface area contributed by atoms with Gasteiger partial charge in [0.25, 0.3) is 5.69 Å². The smallest absolute Gasteiger partial charge is 0.269 e. The zero-order chi connectivity index (χ0) is 13.5. The molecule has 0 saturated carbocycles. The summed E-state index contributed by atoms with van der Waals surface area (Å²) in [6, 6.07) is 6.38. The Kier molecular flexibility index (Phi) is 7.05. The van der Waals surface area contributed by atoms with Crippen LogP contribution in [0.4, 0.5) is 11.4 Å². The van der Waals surface area contributed by atoms with Gasteiger partial charge in [-0.2, -0.15) is 0 Å². The van der Waals surface area contributed by atoms with Crippen LogP contribution in [0.1, 0.15) is 6.42 Å². The first-order chi connectivity index (χ1) is 9.25.